The Labute approximate surface area is 492 Å². The summed E-state index contributed by atoms with van der Waals surface area (Å²) in [6.45, 7) is 2.77. The molecule has 12 atom stereocenters. The van der Waals surface area contributed by atoms with Crippen LogP contribution in [-0.4, -0.2) is 140 Å². The minimum atomic E-state index is -1.79. The number of nitrogens with one attached hydrogen (secondary N) is 1. The average Bonchev–Trinajstić information content (AvgIpc) is 3.47. The molecule has 1 amide bonds. The van der Waals surface area contributed by atoms with Crippen molar-refractivity contribution in [2.24, 2.45) is 0 Å². The SMILES string of the molecule is CC/C=C\C/C=C\C/C=C\C/C=C\C/C=C\CCCCCCCCCC(=O)NC(COC1OC(CO)C(OC2OC(CO)C(O)C(O)C2O)C(O)C1O)C(O)CCCCCCCCCCCCCCCCCCCCCCCCCC. The predicted molar refractivity (Wildman–Crippen MR) is 327 cm³/mol. The largest absolute Gasteiger partial charge is 0.394 e. The van der Waals surface area contributed by atoms with E-state index in [1.54, 1.807) is 0 Å². The summed E-state index contributed by atoms with van der Waals surface area (Å²) in [6.07, 6.45) is 50.7. The predicted octanol–water partition coefficient (Wildman–Crippen LogP) is 12.5. The van der Waals surface area contributed by atoms with Crippen LogP contribution >= 0.6 is 0 Å². The maximum Gasteiger partial charge on any atom is 0.220 e. The number of carbonyl (C=O) groups excluding carboxylic acids is 1. The zero-order chi connectivity index (χ0) is 58.8. The van der Waals surface area contributed by atoms with Gasteiger partial charge < -0.3 is 65.1 Å². The Bertz CT molecular complexity index is 1590. The van der Waals surface area contributed by atoms with Gasteiger partial charge >= 0.3 is 0 Å². The first kappa shape index (κ1) is 74.8. The summed E-state index contributed by atoms with van der Waals surface area (Å²) in [6, 6.07) is -0.839. The van der Waals surface area contributed by atoms with Crippen molar-refractivity contribution in [3.05, 3.63) is 60.8 Å². The van der Waals surface area contributed by atoms with Crippen LogP contribution in [0.25, 0.3) is 0 Å². The van der Waals surface area contributed by atoms with Gasteiger partial charge in [-0.25, -0.2) is 0 Å². The summed E-state index contributed by atoms with van der Waals surface area (Å²) in [7, 11) is 0. The molecule has 2 aliphatic heterocycles. The van der Waals surface area contributed by atoms with E-state index in [-0.39, 0.29) is 18.9 Å². The van der Waals surface area contributed by atoms with Crippen LogP contribution in [0, 0.1) is 0 Å². The lowest BCUT2D eigenvalue weighted by molar-refractivity contribution is -0.359. The summed E-state index contributed by atoms with van der Waals surface area (Å²) in [5.41, 5.74) is 0. The Morgan fingerprint density at radius 2 is 0.852 bits per heavy atom. The molecule has 0 radical (unpaired) electrons. The number of hydrogen-bond donors (Lipinski definition) is 9. The molecule has 14 heteroatoms. The van der Waals surface area contributed by atoms with Crippen molar-refractivity contribution in [1.29, 1.82) is 0 Å². The van der Waals surface area contributed by atoms with Gasteiger partial charge in [-0.3, -0.25) is 4.79 Å². The number of carbonyl (C=O) groups is 1. The third-order valence-electron chi connectivity index (χ3n) is 16.0. The highest BCUT2D eigenvalue weighted by molar-refractivity contribution is 5.76. The van der Waals surface area contributed by atoms with Crippen LogP contribution in [0.4, 0.5) is 0 Å². The number of rotatable bonds is 53. The highest BCUT2D eigenvalue weighted by Gasteiger charge is 2.51. The van der Waals surface area contributed by atoms with Gasteiger partial charge in [-0.05, 0) is 57.8 Å². The fraction of sp³-hybridized carbons (Fsp3) is 0.836. The molecule has 2 rings (SSSR count). The molecular weight excluding hydrogens is 1030 g/mol. The average molecular weight is 1150 g/mol. The molecule has 0 aromatic rings. The van der Waals surface area contributed by atoms with Crippen molar-refractivity contribution in [2.45, 2.75) is 338 Å². The zero-order valence-corrected chi connectivity index (χ0v) is 51.0. The molecule has 12 unspecified atom stereocenters. The maximum absolute atomic E-state index is 13.3. The molecule has 0 saturated carbocycles. The van der Waals surface area contributed by atoms with Gasteiger partial charge in [0, 0.05) is 6.42 Å². The molecule has 2 saturated heterocycles. The Hall–Kier alpha value is -2.31. The summed E-state index contributed by atoms with van der Waals surface area (Å²) in [5, 5.41) is 87.5. The Morgan fingerprint density at radius 3 is 1.31 bits per heavy atom. The van der Waals surface area contributed by atoms with Crippen LogP contribution in [0.2, 0.25) is 0 Å². The molecule has 0 spiro atoms. The maximum atomic E-state index is 13.3. The first-order valence-electron chi connectivity index (χ1n) is 33.0. The molecule has 0 aliphatic carbocycles. The lowest BCUT2D eigenvalue weighted by Crippen LogP contribution is -2.65. The number of unbranched alkanes of at least 4 members (excludes halogenated alkanes) is 30. The fourth-order valence-corrected chi connectivity index (χ4v) is 10.7. The van der Waals surface area contributed by atoms with E-state index in [1.807, 2.05) is 0 Å². The first-order chi connectivity index (χ1) is 39.6. The van der Waals surface area contributed by atoms with Gasteiger partial charge in [0.15, 0.2) is 12.6 Å². The molecule has 14 nitrogen and oxygen atoms in total. The van der Waals surface area contributed by atoms with Crippen LogP contribution in [0.1, 0.15) is 264 Å². The van der Waals surface area contributed by atoms with E-state index < -0.39 is 86.8 Å². The number of aliphatic hydroxyl groups is 8. The van der Waals surface area contributed by atoms with Gasteiger partial charge in [-0.15, -0.1) is 0 Å². The molecule has 0 aromatic heterocycles. The second kappa shape index (κ2) is 52.1. The van der Waals surface area contributed by atoms with Crippen molar-refractivity contribution in [1.82, 2.24) is 5.32 Å². The van der Waals surface area contributed by atoms with E-state index in [1.165, 1.54) is 135 Å². The van der Waals surface area contributed by atoms with Gasteiger partial charge in [-0.1, -0.05) is 261 Å². The minimum absolute atomic E-state index is 0.217. The Kier molecular flexibility index (Phi) is 48.1. The molecule has 0 aromatic carbocycles. The molecule has 0 bridgehead atoms. The topological polar surface area (TPSA) is 228 Å². The molecule has 472 valence electrons. The monoisotopic (exact) mass is 1150 g/mol. The first-order valence-corrected chi connectivity index (χ1v) is 33.0. The fourth-order valence-electron chi connectivity index (χ4n) is 10.7. The highest BCUT2D eigenvalue weighted by atomic mass is 16.7. The summed E-state index contributed by atoms with van der Waals surface area (Å²) in [5.74, 6) is -0.217. The molecule has 2 fully saturated rings. The highest BCUT2D eigenvalue weighted by Crippen LogP contribution is 2.30. The molecule has 2 heterocycles. The number of hydrogen-bond acceptors (Lipinski definition) is 13. The quantitative estimate of drug-likeness (QED) is 0.0204. The zero-order valence-electron chi connectivity index (χ0n) is 51.0. The Balaban J connectivity index is 1.72. The minimum Gasteiger partial charge on any atom is -0.394 e. The smallest absolute Gasteiger partial charge is 0.220 e. The third-order valence-corrected chi connectivity index (χ3v) is 16.0. The molecule has 2 aliphatic rings. The van der Waals surface area contributed by atoms with Crippen LogP contribution in [0.5, 0.6) is 0 Å². The summed E-state index contributed by atoms with van der Waals surface area (Å²) in [4.78, 5) is 13.3. The van der Waals surface area contributed by atoms with Crippen molar-refractivity contribution in [3.63, 3.8) is 0 Å². The normalized spacial score (nSPS) is 24.5. The second-order valence-corrected chi connectivity index (χ2v) is 23.2. The van der Waals surface area contributed by atoms with E-state index in [4.69, 9.17) is 18.9 Å². The van der Waals surface area contributed by atoms with Crippen molar-refractivity contribution in [3.8, 4) is 0 Å². The van der Waals surface area contributed by atoms with E-state index in [2.05, 4.69) is 79.9 Å². The number of ether oxygens (including phenoxy) is 4. The summed E-state index contributed by atoms with van der Waals surface area (Å²) < 4.78 is 22.9. The van der Waals surface area contributed by atoms with Gasteiger partial charge in [0.1, 0.15) is 48.8 Å². The van der Waals surface area contributed by atoms with Gasteiger partial charge in [0.25, 0.3) is 0 Å². The van der Waals surface area contributed by atoms with Crippen molar-refractivity contribution < 1.29 is 64.6 Å². The van der Waals surface area contributed by atoms with Crippen molar-refractivity contribution >= 4 is 5.91 Å². The van der Waals surface area contributed by atoms with Gasteiger partial charge in [0.05, 0.1) is 32.0 Å². The van der Waals surface area contributed by atoms with Crippen molar-refractivity contribution in [2.75, 3.05) is 19.8 Å². The van der Waals surface area contributed by atoms with E-state index in [0.29, 0.717) is 12.8 Å². The molecule has 81 heavy (non-hydrogen) atoms. The summed E-state index contributed by atoms with van der Waals surface area (Å²) >= 11 is 0. The number of allylic oxidation sites excluding steroid dienone is 10. The molecule has 9 N–H and O–H groups in total. The lowest BCUT2D eigenvalue weighted by atomic mass is 9.97. The van der Waals surface area contributed by atoms with Gasteiger partial charge in [0.2, 0.25) is 5.91 Å². The van der Waals surface area contributed by atoms with E-state index >= 15 is 0 Å². The van der Waals surface area contributed by atoms with Crippen LogP contribution < -0.4 is 5.32 Å². The number of amides is 1. The standard InChI is InChI=1S/C67H121NO13/c1-3-5-7-9-11-13-15-17-19-21-23-25-27-29-30-32-34-36-38-40-42-44-46-48-50-56(71)55(54-78-66-64(77)62(75)65(58(53-70)80-66)81-67-63(76)61(74)60(73)57(52-69)79-67)68-59(72)51-49-47-45-43-41-39-37-35-33-31-28-26-24-22-20-18-16-14-12-10-8-6-4-2/h6,8,12,14,18,20,24,26,31,33,55-58,60-67,69-71,73-77H,3-5,7,9-11,13,15-17,19,21-23,25,27-30,32,34-54H2,1-2H3,(H,68,72)/b8-6-,14-12-,20-18-,26-24-,33-31-. The number of aliphatic hydroxyl groups excluding tert-OH is 8. The van der Waals surface area contributed by atoms with E-state index in [0.717, 1.165) is 96.3 Å². The second-order valence-electron chi connectivity index (χ2n) is 23.2. The van der Waals surface area contributed by atoms with Crippen LogP contribution in [0.3, 0.4) is 0 Å². The van der Waals surface area contributed by atoms with Gasteiger partial charge in [-0.2, -0.15) is 0 Å². The molecular formula is C67H121NO13. The van der Waals surface area contributed by atoms with Crippen LogP contribution in [0.15, 0.2) is 60.8 Å². The Morgan fingerprint density at radius 1 is 0.457 bits per heavy atom. The lowest BCUT2D eigenvalue weighted by Gasteiger charge is -2.46. The third kappa shape index (κ3) is 37.0. The van der Waals surface area contributed by atoms with Crippen LogP contribution in [-0.2, 0) is 23.7 Å². The van der Waals surface area contributed by atoms with E-state index in [9.17, 15) is 45.6 Å².